The van der Waals surface area contributed by atoms with Crippen molar-refractivity contribution in [3.05, 3.63) is 27.6 Å². The maximum atomic E-state index is 13.1. The second-order valence-electron chi connectivity index (χ2n) is 10.3. The Morgan fingerprint density at radius 3 is 2.41 bits per heavy atom. The van der Waals surface area contributed by atoms with Gasteiger partial charge < -0.3 is 20.9 Å². The van der Waals surface area contributed by atoms with Crippen molar-refractivity contribution in [3.63, 3.8) is 0 Å². The molecule has 2 heterocycles. The van der Waals surface area contributed by atoms with Crippen LogP contribution in [0.4, 0.5) is 5.82 Å². The molecular weight excluding hydrogens is 414 g/mol. The topological polar surface area (TPSA) is 141 Å². The van der Waals surface area contributed by atoms with Gasteiger partial charge in [0, 0.05) is 18.7 Å². The normalized spacial score (nSPS) is 14.8. The highest BCUT2D eigenvalue weighted by Crippen LogP contribution is 2.29. The summed E-state index contributed by atoms with van der Waals surface area (Å²) in [6, 6.07) is 0.00285. The van der Waals surface area contributed by atoms with Crippen LogP contribution in [0.2, 0.25) is 0 Å². The molecule has 0 unspecified atom stereocenters. The molecule has 0 bridgehead atoms. The highest BCUT2D eigenvalue weighted by Gasteiger charge is 2.31. The van der Waals surface area contributed by atoms with Crippen LogP contribution >= 0.6 is 0 Å². The van der Waals surface area contributed by atoms with E-state index in [0.29, 0.717) is 0 Å². The molecule has 1 fully saturated rings. The first kappa shape index (κ1) is 23.4. The maximum Gasteiger partial charge on any atom is 0.331 e. The Morgan fingerprint density at radius 1 is 1.25 bits per heavy atom. The Morgan fingerprint density at radius 2 is 1.88 bits per heavy atom. The molecule has 10 heteroatoms. The van der Waals surface area contributed by atoms with Crippen LogP contribution < -0.4 is 16.6 Å². The fourth-order valence-electron chi connectivity index (χ4n) is 3.23. The number of nitrogens with one attached hydrogen (secondary N) is 1. The van der Waals surface area contributed by atoms with Crippen LogP contribution in [-0.2, 0) is 16.1 Å². The number of nitrogens with two attached hydrogens (primary N) is 1. The molecule has 0 saturated heterocycles. The number of hydrogen-bond donors (Lipinski definition) is 3. The third-order valence-corrected chi connectivity index (χ3v) is 4.63. The lowest BCUT2D eigenvalue weighted by Gasteiger charge is -2.23. The second kappa shape index (κ2) is 7.99. The van der Waals surface area contributed by atoms with E-state index in [0.717, 1.165) is 17.4 Å². The van der Waals surface area contributed by atoms with E-state index in [1.807, 2.05) is 20.8 Å². The van der Waals surface area contributed by atoms with Gasteiger partial charge in [0.05, 0.1) is 5.56 Å². The summed E-state index contributed by atoms with van der Waals surface area (Å²) in [7, 11) is 0. The number of carbonyl (C=O) groups is 2. The zero-order valence-corrected chi connectivity index (χ0v) is 19.4. The number of aromatic nitrogens is 3. The predicted molar refractivity (Wildman–Crippen MR) is 120 cm³/mol. The van der Waals surface area contributed by atoms with Crippen molar-refractivity contribution in [3.8, 4) is 5.88 Å². The number of rotatable bonds is 5. The summed E-state index contributed by atoms with van der Waals surface area (Å²) in [5.74, 6) is -1.74. The Kier molecular flexibility index (Phi) is 5.84. The number of ether oxygens (including phenoxy) is 1. The molecule has 0 spiro atoms. The van der Waals surface area contributed by atoms with E-state index in [1.54, 1.807) is 20.8 Å². The van der Waals surface area contributed by atoms with Crippen molar-refractivity contribution in [2.75, 3.05) is 5.73 Å². The van der Waals surface area contributed by atoms with Crippen LogP contribution in [0.25, 0.3) is 11.7 Å². The molecule has 2 aromatic rings. The van der Waals surface area contributed by atoms with Crippen LogP contribution in [0.1, 0.15) is 70.3 Å². The number of amides is 1. The van der Waals surface area contributed by atoms with E-state index >= 15 is 0 Å². The minimum absolute atomic E-state index is 0.00285. The molecule has 0 atom stereocenters. The Bertz CT molecular complexity index is 1160. The number of nitrogen functional groups attached to an aromatic ring is 1. The molecule has 0 aliphatic heterocycles. The highest BCUT2D eigenvalue weighted by atomic mass is 16.6. The zero-order chi connectivity index (χ0) is 24.0. The molecule has 1 aliphatic carbocycles. The van der Waals surface area contributed by atoms with Crippen LogP contribution in [-0.4, -0.2) is 42.8 Å². The second-order valence-corrected chi connectivity index (χ2v) is 10.3. The van der Waals surface area contributed by atoms with Crippen LogP contribution in [0.3, 0.4) is 0 Å². The first-order chi connectivity index (χ1) is 14.7. The van der Waals surface area contributed by atoms with Crippen molar-refractivity contribution >= 4 is 29.4 Å². The minimum Gasteiger partial charge on any atom is -0.494 e. The molecule has 1 aliphatic rings. The molecule has 10 nitrogen and oxygen atoms in total. The third kappa shape index (κ3) is 5.12. The van der Waals surface area contributed by atoms with Gasteiger partial charge in [-0.2, -0.15) is 4.52 Å². The predicted octanol–water partition coefficient (Wildman–Crippen LogP) is 2.08. The first-order valence-electron chi connectivity index (χ1n) is 10.5. The first-order valence-corrected chi connectivity index (χ1v) is 10.5. The number of fused-ring (bicyclic) bond motifs is 1. The molecule has 2 aromatic heterocycles. The summed E-state index contributed by atoms with van der Waals surface area (Å²) in [5, 5.41) is 17.8. The summed E-state index contributed by atoms with van der Waals surface area (Å²) in [4.78, 5) is 38.0. The molecule has 1 saturated carbocycles. The Hall–Kier alpha value is -3.30. The summed E-state index contributed by atoms with van der Waals surface area (Å²) in [6.45, 7) is 11.3. The molecule has 1 amide bonds. The van der Waals surface area contributed by atoms with Crippen molar-refractivity contribution in [2.45, 2.75) is 72.6 Å². The average molecular weight is 446 g/mol. The van der Waals surface area contributed by atoms with Crippen molar-refractivity contribution < 1.29 is 19.4 Å². The maximum absolute atomic E-state index is 13.1. The lowest BCUT2D eigenvalue weighted by molar-refractivity contribution is -0.148. The van der Waals surface area contributed by atoms with E-state index < -0.39 is 28.9 Å². The van der Waals surface area contributed by atoms with Crippen LogP contribution in [0, 0.1) is 5.41 Å². The van der Waals surface area contributed by atoms with Gasteiger partial charge in [-0.05, 0) is 45.1 Å². The largest absolute Gasteiger partial charge is 0.494 e. The van der Waals surface area contributed by atoms with Gasteiger partial charge in [-0.25, -0.2) is 4.79 Å². The lowest BCUT2D eigenvalue weighted by atomic mass is 9.96. The van der Waals surface area contributed by atoms with E-state index in [4.69, 9.17) is 10.5 Å². The van der Waals surface area contributed by atoms with Crippen molar-refractivity contribution in [1.29, 1.82) is 0 Å². The smallest absolute Gasteiger partial charge is 0.331 e. The zero-order valence-electron chi connectivity index (χ0n) is 19.4. The number of aromatic hydroxyl groups is 1. The van der Waals surface area contributed by atoms with Gasteiger partial charge in [0.25, 0.3) is 11.5 Å². The van der Waals surface area contributed by atoms with Gasteiger partial charge in [-0.1, -0.05) is 20.8 Å². The number of carbonyl (C=O) groups excluding carboxylic acids is 2. The third-order valence-electron chi connectivity index (χ3n) is 4.63. The van der Waals surface area contributed by atoms with Crippen LogP contribution in [0.15, 0.2) is 10.9 Å². The van der Waals surface area contributed by atoms with Gasteiger partial charge in [-0.15, -0.1) is 5.10 Å². The van der Waals surface area contributed by atoms with Crippen molar-refractivity contribution in [1.82, 2.24) is 19.5 Å². The quantitative estimate of drug-likeness (QED) is 0.472. The SMILES string of the molecule is CC(C)(C)Cn1c(O)c(C(=O)NC2CC2)c(=O)n2nc(N)c(/C=C/C(=O)OC(C)(C)C)c12. The molecule has 0 radical (unpaired) electrons. The van der Waals surface area contributed by atoms with Gasteiger partial charge in [0.15, 0.2) is 17.0 Å². The van der Waals surface area contributed by atoms with Gasteiger partial charge in [0.2, 0.25) is 5.88 Å². The molecule has 32 heavy (non-hydrogen) atoms. The number of esters is 1. The minimum atomic E-state index is -0.788. The standard InChI is InChI=1S/C22H31N5O5/c1-21(2,3)11-26-18-13(9-10-14(28)32-22(4,5)6)16(23)25-27(18)20(31)15(19(26)30)17(29)24-12-7-8-12/h9-10,12,30H,7-8,11H2,1-6H3,(H2,23,25)(H,24,29)/b10-9+. The molecule has 4 N–H and O–H groups in total. The number of anilines is 1. The molecule has 174 valence electrons. The monoisotopic (exact) mass is 445 g/mol. The van der Waals surface area contributed by atoms with E-state index in [-0.39, 0.29) is 40.6 Å². The lowest BCUT2D eigenvalue weighted by Crippen LogP contribution is -2.35. The van der Waals surface area contributed by atoms with Crippen LogP contribution in [0.5, 0.6) is 5.88 Å². The summed E-state index contributed by atoms with van der Waals surface area (Å²) >= 11 is 0. The highest BCUT2D eigenvalue weighted by molar-refractivity contribution is 5.97. The van der Waals surface area contributed by atoms with E-state index in [9.17, 15) is 19.5 Å². The summed E-state index contributed by atoms with van der Waals surface area (Å²) < 4.78 is 7.70. The Balaban J connectivity index is 2.20. The fraction of sp³-hybridized carbons (Fsp3) is 0.545. The Labute approximate surface area is 186 Å². The summed E-state index contributed by atoms with van der Waals surface area (Å²) in [6.07, 6.45) is 4.25. The number of nitrogens with zero attached hydrogens (tertiary/aromatic N) is 3. The van der Waals surface area contributed by atoms with Gasteiger partial charge >= 0.3 is 5.97 Å². The van der Waals surface area contributed by atoms with E-state index in [2.05, 4.69) is 10.4 Å². The van der Waals surface area contributed by atoms with Gasteiger partial charge in [0.1, 0.15) is 5.60 Å². The average Bonchev–Trinajstić information content (AvgIpc) is 3.35. The van der Waals surface area contributed by atoms with Gasteiger partial charge in [-0.3, -0.25) is 14.2 Å². The molecule has 0 aromatic carbocycles. The summed E-state index contributed by atoms with van der Waals surface area (Å²) in [5.41, 5.74) is 4.33. The fourth-order valence-corrected chi connectivity index (χ4v) is 3.23. The van der Waals surface area contributed by atoms with Crippen molar-refractivity contribution in [2.24, 2.45) is 5.41 Å². The number of hydrogen-bond acceptors (Lipinski definition) is 7. The molecular formula is C22H31N5O5. The van der Waals surface area contributed by atoms with E-state index in [1.165, 1.54) is 16.7 Å². The molecule has 3 rings (SSSR count).